The van der Waals surface area contributed by atoms with E-state index in [1.54, 1.807) is 48.5 Å². The van der Waals surface area contributed by atoms with Gasteiger partial charge in [0.05, 0.1) is 12.2 Å². The van der Waals surface area contributed by atoms with E-state index in [0.717, 1.165) is 54.3 Å². The molecule has 6 rings (SSSR count). The first-order chi connectivity index (χ1) is 21.3. The molecule has 2 aliphatic rings. The molecular formula is C36H36N4O4. The molecule has 2 unspecified atom stereocenters. The lowest BCUT2D eigenvalue weighted by atomic mass is 10.0. The Hall–Kier alpha value is -4.92. The molecule has 8 nitrogen and oxygen atoms in total. The average Bonchev–Trinajstić information content (AvgIpc) is 3.69. The van der Waals surface area contributed by atoms with Gasteiger partial charge in [-0.25, -0.2) is 0 Å². The van der Waals surface area contributed by atoms with Crippen LogP contribution in [0.3, 0.4) is 0 Å². The van der Waals surface area contributed by atoms with Gasteiger partial charge in [-0.1, -0.05) is 18.7 Å². The molecule has 224 valence electrons. The highest BCUT2D eigenvalue weighted by Gasteiger charge is 2.21. The summed E-state index contributed by atoms with van der Waals surface area (Å²) < 4.78 is 0. The zero-order valence-corrected chi connectivity index (χ0v) is 24.4. The summed E-state index contributed by atoms with van der Waals surface area (Å²) in [5, 5.41) is 25.7. The lowest BCUT2D eigenvalue weighted by Gasteiger charge is -2.18. The fourth-order valence-corrected chi connectivity index (χ4v) is 5.68. The van der Waals surface area contributed by atoms with Crippen LogP contribution in [0.1, 0.15) is 44.7 Å². The molecule has 44 heavy (non-hydrogen) atoms. The minimum absolute atomic E-state index is 0.113. The molecule has 2 heterocycles. The van der Waals surface area contributed by atoms with Crippen LogP contribution in [-0.2, 0) is 0 Å². The molecular weight excluding hydrogens is 552 g/mol. The molecule has 2 atom stereocenters. The Kier molecular flexibility index (Phi) is 8.45. The maximum absolute atomic E-state index is 13.1. The highest BCUT2D eigenvalue weighted by Crippen LogP contribution is 2.25. The van der Waals surface area contributed by atoms with Crippen molar-refractivity contribution in [1.29, 1.82) is 0 Å². The first-order valence-corrected chi connectivity index (χ1v) is 14.9. The van der Waals surface area contributed by atoms with Crippen LogP contribution >= 0.6 is 0 Å². The number of carbonyl (C=O) groups is 2. The summed E-state index contributed by atoms with van der Waals surface area (Å²) in [5.74, 6) is -0.345. The second-order valence-electron chi connectivity index (χ2n) is 11.4. The molecule has 0 bridgehead atoms. The predicted octanol–water partition coefficient (Wildman–Crippen LogP) is 5.39. The number of benzene rings is 4. The SMILES string of the molecule is C=C(Nc1ccc(C(=O)c2ccc(NC(=O)c3ccc(N4CCC(O)C4)cc3)cc2)cc1)c1ccc(N2CCC(O)C2)cc1. The summed E-state index contributed by atoms with van der Waals surface area (Å²) in [5.41, 5.74) is 6.81. The summed E-state index contributed by atoms with van der Waals surface area (Å²) in [6.07, 6.45) is 0.978. The summed E-state index contributed by atoms with van der Waals surface area (Å²) in [7, 11) is 0. The van der Waals surface area contributed by atoms with E-state index < -0.39 is 0 Å². The maximum Gasteiger partial charge on any atom is 0.255 e. The molecule has 4 N–H and O–H groups in total. The van der Waals surface area contributed by atoms with Gasteiger partial charge in [0.25, 0.3) is 5.91 Å². The number of aliphatic hydroxyl groups is 2. The molecule has 0 spiro atoms. The number of amides is 1. The predicted molar refractivity (Wildman–Crippen MR) is 175 cm³/mol. The van der Waals surface area contributed by atoms with Crippen LogP contribution in [0.5, 0.6) is 0 Å². The fourth-order valence-electron chi connectivity index (χ4n) is 5.68. The van der Waals surface area contributed by atoms with Gasteiger partial charge in [0.15, 0.2) is 5.78 Å². The van der Waals surface area contributed by atoms with Gasteiger partial charge in [0.1, 0.15) is 0 Å². The van der Waals surface area contributed by atoms with Crippen molar-refractivity contribution in [2.24, 2.45) is 0 Å². The van der Waals surface area contributed by atoms with E-state index in [4.69, 9.17) is 0 Å². The minimum Gasteiger partial charge on any atom is -0.391 e. The van der Waals surface area contributed by atoms with E-state index in [-0.39, 0.29) is 23.9 Å². The molecule has 4 aromatic rings. The van der Waals surface area contributed by atoms with Gasteiger partial charge < -0.3 is 30.6 Å². The third kappa shape index (κ3) is 6.67. The van der Waals surface area contributed by atoms with Crippen molar-refractivity contribution in [1.82, 2.24) is 0 Å². The van der Waals surface area contributed by atoms with E-state index in [1.807, 2.05) is 48.5 Å². The zero-order valence-electron chi connectivity index (χ0n) is 24.4. The second-order valence-corrected chi connectivity index (χ2v) is 11.4. The van der Waals surface area contributed by atoms with Gasteiger partial charge in [-0.15, -0.1) is 0 Å². The number of anilines is 4. The van der Waals surface area contributed by atoms with Crippen LogP contribution in [0.15, 0.2) is 104 Å². The highest BCUT2D eigenvalue weighted by molar-refractivity contribution is 6.10. The van der Waals surface area contributed by atoms with Gasteiger partial charge in [-0.05, 0) is 103 Å². The Morgan fingerprint density at radius 3 is 1.43 bits per heavy atom. The van der Waals surface area contributed by atoms with Crippen LogP contribution in [0.25, 0.3) is 5.70 Å². The van der Waals surface area contributed by atoms with Gasteiger partial charge in [-0.3, -0.25) is 9.59 Å². The van der Waals surface area contributed by atoms with Crippen molar-refractivity contribution < 1.29 is 19.8 Å². The Balaban J connectivity index is 1.02. The Morgan fingerprint density at radius 1 is 0.591 bits per heavy atom. The number of aliphatic hydroxyl groups excluding tert-OH is 2. The Bertz CT molecular complexity index is 1510. The number of ketones is 1. The van der Waals surface area contributed by atoms with E-state index in [9.17, 15) is 19.8 Å². The number of carbonyl (C=O) groups excluding carboxylic acids is 2. The normalized spacial score (nSPS) is 17.9. The van der Waals surface area contributed by atoms with Gasteiger partial charge in [0.2, 0.25) is 0 Å². The van der Waals surface area contributed by atoms with Crippen LogP contribution < -0.4 is 20.4 Å². The van der Waals surface area contributed by atoms with Gasteiger partial charge in [-0.2, -0.15) is 0 Å². The molecule has 4 aromatic carbocycles. The van der Waals surface area contributed by atoms with E-state index in [1.165, 1.54) is 0 Å². The van der Waals surface area contributed by atoms with Crippen molar-refractivity contribution >= 4 is 40.1 Å². The molecule has 0 saturated carbocycles. The molecule has 2 fully saturated rings. The average molecular weight is 589 g/mol. The van der Waals surface area contributed by atoms with Gasteiger partial charge in [0, 0.05) is 71.3 Å². The van der Waals surface area contributed by atoms with Crippen molar-refractivity contribution in [3.05, 3.63) is 126 Å². The molecule has 2 saturated heterocycles. The molecule has 1 amide bonds. The van der Waals surface area contributed by atoms with Crippen molar-refractivity contribution in [3.8, 4) is 0 Å². The third-order valence-electron chi connectivity index (χ3n) is 8.25. The zero-order chi connectivity index (χ0) is 30.6. The molecule has 0 aromatic heterocycles. The van der Waals surface area contributed by atoms with E-state index in [2.05, 4.69) is 27.0 Å². The first-order valence-electron chi connectivity index (χ1n) is 14.9. The number of nitrogens with one attached hydrogen (secondary N) is 2. The molecule has 0 radical (unpaired) electrons. The monoisotopic (exact) mass is 588 g/mol. The third-order valence-corrected chi connectivity index (χ3v) is 8.25. The quantitative estimate of drug-likeness (QED) is 0.194. The van der Waals surface area contributed by atoms with E-state index >= 15 is 0 Å². The lowest BCUT2D eigenvalue weighted by molar-refractivity contribution is 0.102. The maximum atomic E-state index is 13.1. The molecule has 2 aliphatic heterocycles. The summed E-state index contributed by atoms with van der Waals surface area (Å²) >= 11 is 0. The molecule has 8 heteroatoms. The molecule has 0 aliphatic carbocycles. The number of hydrogen-bond donors (Lipinski definition) is 4. The Morgan fingerprint density at radius 2 is 1.00 bits per heavy atom. The lowest BCUT2D eigenvalue weighted by Crippen LogP contribution is -2.21. The van der Waals surface area contributed by atoms with Crippen molar-refractivity contribution in [3.63, 3.8) is 0 Å². The number of β-amino-alcohol motifs (C(OH)–C–C–N with tert-alkyl or cyclic N) is 2. The Labute approximate surface area is 257 Å². The minimum atomic E-state index is -0.304. The van der Waals surface area contributed by atoms with Crippen LogP contribution in [-0.4, -0.2) is 60.3 Å². The number of hydrogen-bond acceptors (Lipinski definition) is 7. The standard InChI is InChI=1S/C36H36N4O4/c1-24(25-6-14-31(15-7-25)39-20-18-33(41)22-39)37-29-10-2-26(3-11-29)35(43)27-4-12-30(13-5-27)38-36(44)28-8-16-32(17-9-28)40-21-19-34(42)23-40/h2-17,33-34,37,41-42H,1,18-23H2,(H,38,44). The van der Waals surface area contributed by atoms with Crippen molar-refractivity contribution in [2.75, 3.05) is 46.6 Å². The van der Waals surface area contributed by atoms with Gasteiger partial charge >= 0.3 is 0 Å². The largest absolute Gasteiger partial charge is 0.391 e. The topological polar surface area (TPSA) is 105 Å². The fraction of sp³-hybridized carbons (Fsp3) is 0.222. The number of nitrogens with zero attached hydrogens (tertiary/aromatic N) is 2. The summed E-state index contributed by atoms with van der Waals surface area (Å²) in [6.45, 7) is 7.09. The first kappa shape index (κ1) is 29.2. The smallest absolute Gasteiger partial charge is 0.255 e. The summed E-state index contributed by atoms with van der Waals surface area (Å²) in [6, 6.07) is 29.6. The summed E-state index contributed by atoms with van der Waals surface area (Å²) in [4.78, 5) is 30.2. The van der Waals surface area contributed by atoms with Crippen molar-refractivity contribution in [2.45, 2.75) is 25.0 Å². The van der Waals surface area contributed by atoms with Crippen LogP contribution in [0.4, 0.5) is 22.7 Å². The van der Waals surface area contributed by atoms with E-state index in [0.29, 0.717) is 35.5 Å². The number of rotatable bonds is 9. The van der Waals surface area contributed by atoms with Crippen LogP contribution in [0.2, 0.25) is 0 Å². The second kappa shape index (κ2) is 12.8. The van der Waals surface area contributed by atoms with Crippen LogP contribution in [0, 0.1) is 0 Å². The highest BCUT2D eigenvalue weighted by atomic mass is 16.3.